The Kier molecular flexibility index (Phi) is 5.10. The highest BCUT2D eigenvalue weighted by Gasteiger charge is 2.20. The molecule has 3 nitrogen and oxygen atoms in total. The zero-order chi connectivity index (χ0) is 14.4. The molecule has 1 unspecified atom stereocenters. The summed E-state index contributed by atoms with van der Waals surface area (Å²) in [5.41, 5.74) is 2.14. The number of para-hydroxylation sites is 1. The zero-order valence-corrected chi connectivity index (χ0v) is 12.1. The summed E-state index contributed by atoms with van der Waals surface area (Å²) in [6.45, 7) is 4.38. The highest BCUT2D eigenvalue weighted by atomic mass is 16.5. The van der Waals surface area contributed by atoms with Crippen molar-refractivity contribution in [3.63, 3.8) is 0 Å². The van der Waals surface area contributed by atoms with Crippen LogP contribution in [-0.4, -0.2) is 17.6 Å². The third-order valence-electron chi connectivity index (χ3n) is 3.46. The van der Waals surface area contributed by atoms with Gasteiger partial charge in [-0.15, -0.1) is 0 Å². The molecule has 0 aliphatic heterocycles. The van der Waals surface area contributed by atoms with E-state index in [0.717, 1.165) is 30.2 Å². The van der Waals surface area contributed by atoms with Crippen molar-refractivity contribution in [3.8, 4) is 0 Å². The molecule has 0 amide bonds. The minimum Gasteiger partial charge on any atom is -0.466 e. The van der Waals surface area contributed by atoms with Crippen LogP contribution in [-0.2, 0) is 16.0 Å². The van der Waals surface area contributed by atoms with Crippen LogP contribution < -0.4 is 0 Å². The van der Waals surface area contributed by atoms with Gasteiger partial charge in [-0.2, -0.15) is 0 Å². The van der Waals surface area contributed by atoms with Gasteiger partial charge in [-0.25, -0.2) is 0 Å². The lowest BCUT2D eigenvalue weighted by molar-refractivity contribution is -0.148. The van der Waals surface area contributed by atoms with Crippen LogP contribution in [0.25, 0.3) is 10.9 Å². The van der Waals surface area contributed by atoms with Crippen molar-refractivity contribution in [3.05, 3.63) is 42.1 Å². The number of carbonyl (C=O) groups is 1. The van der Waals surface area contributed by atoms with Crippen LogP contribution in [0.4, 0.5) is 0 Å². The van der Waals surface area contributed by atoms with E-state index in [1.165, 1.54) is 5.56 Å². The highest BCUT2D eigenvalue weighted by Crippen LogP contribution is 2.22. The van der Waals surface area contributed by atoms with Gasteiger partial charge in [-0.1, -0.05) is 31.5 Å². The Morgan fingerprint density at radius 3 is 2.80 bits per heavy atom. The van der Waals surface area contributed by atoms with Gasteiger partial charge in [-0.3, -0.25) is 9.78 Å². The third-order valence-corrected chi connectivity index (χ3v) is 3.46. The fraction of sp³-hybridized carbons (Fsp3) is 0.412. The number of hydrogen-bond acceptors (Lipinski definition) is 3. The van der Waals surface area contributed by atoms with Crippen LogP contribution >= 0.6 is 0 Å². The number of pyridine rings is 1. The molecule has 0 aliphatic carbocycles. The zero-order valence-electron chi connectivity index (χ0n) is 12.1. The molecule has 1 aromatic carbocycles. The first kappa shape index (κ1) is 14.5. The van der Waals surface area contributed by atoms with Gasteiger partial charge in [0.15, 0.2) is 0 Å². The summed E-state index contributed by atoms with van der Waals surface area (Å²) in [5, 5.41) is 1.13. The maximum absolute atomic E-state index is 12.0. The molecule has 0 bridgehead atoms. The van der Waals surface area contributed by atoms with Gasteiger partial charge in [0.25, 0.3) is 0 Å². The smallest absolute Gasteiger partial charge is 0.309 e. The van der Waals surface area contributed by atoms with E-state index in [4.69, 9.17) is 4.74 Å². The SMILES string of the molecule is CCCC(Cc1ccnc2ccccc12)C(=O)OCC. The summed E-state index contributed by atoms with van der Waals surface area (Å²) in [6.07, 6.45) is 4.36. The van der Waals surface area contributed by atoms with Crippen molar-refractivity contribution >= 4 is 16.9 Å². The van der Waals surface area contributed by atoms with Crippen LogP contribution in [0.3, 0.4) is 0 Å². The van der Waals surface area contributed by atoms with Crippen molar-refractivity contribution < 1.29 is 9.53 Å². The number of rotatable bonds is 6. The van der Waals surface area contributed by atoms with E-state index in [2.05, 4.69) is 18.0 Å². The second-order valence-electron chi connectivity index (χ2n) is 4.93. The number of aromatic nitrogens is 1. The maximum Gasteiger partial charge on any atom is 0.309 e. The van der Waals surface area contributed by atoms with Crippen LogP contribution in [0.1, 0.15) is 32.3 Å². The Balaban J connectivity index is 2.26. The molecule has 0 saturated heterocycles. The molecular weight excluding hydrogens is 250 g/mol. The number of ether oxygens (including phenoxy) is 1. The van der Waals surface area contributed by atoms with Crippen molar-refractivity contribution in [1.82, 2.24) is 4.98 Å². The molecule has 0 fully saturated rings. The van der Waals surface area contributed by atoms with Crippen LogP contribution in [0.2, 0.25) is 0 Å². The van der Waals surface area contributed by atoms with E-state index in [1.807, 2.05) is 37.4 Å². The first-order valence-electron chi connectivity index (χ1n) is 7.25. The second kappa shape index (κ2) is 7.04. The number of carbonyl (C=O) groups excluding carboxylic acids is 1. The molecule has 3 heteroatoms. The van der Waals surface area contributed by atoms with E-state index in [0.29, 0.717) is 6.61 Å². The third kappa shape index (κ3) is 3.35. The van der Waals surface area contributed by atoms with Gasteiger partial charge >= 0.3 is 5.97 Å². The molecular formula is C17H21NO2. The van der Waals surface area contributed by atoms with Crippen molar-refractivity contribution in [2.45, 2.75) is 33.1 Å². The fourth-order valence-corrected chi connectivity index (χ4v) is 2.51. The molecule has 0 spiro atoms. The van der Waals surface area contributed by atoms with Gasteiger partial charge in [0.05, 0.1) is 18.0 Å². The fourth-order valence-electron chi connectivity index (χ4n) is 2.51. The molecule has 106 valence electrons. The van der Waals surface area contributed by atoms with E-state index >= 15 is 0 Å². The molecule has 20 heavy (non-hydrogen) atoms. The Labute approximate surface area is 120 Å². The van der Waals surface area contributed by atoms with Gasteiger partial charge in [-0.05, 0) is 37.5 Å². The van der Waals surface area contributed by atoms with Gasteiger partial charge in [0, 0.05) is 11.6 Å². The normalized spacial score (nSPS) is 12.3. The molecule has 1 heterocycles. The van der Waals surface area contributed by atoms with Crippen LogP contribution in [0.5, 0.6) is 0 Å². The number of benzene rings is 1. The quantitative estimate of drug-likeness (QED) is 0.751. The lowest BCUT2D eigenvalue weighted by Crippen LogP contribution is -2.20. The van der Waals surface area contributed by atoms with Gasteiger partial charge in [0.2, 0.25) is 0 Å². The van der Waals surface area contributed by atoms with Gasteiger partial charge < -0.3 is 4.74 Å². The Bertz CT molecular complexity index is 575. The van der Waals surface area contributed by atoms with Crippen molar-refractivity contribution in [1.29, 1.82) is 0 Å². The predicted octanol–water partition coefficient (Wildman–Crippen LogP) is 3.76. The summed E-state index contributed by atoms with van der Waals surface area (Å²) in [7, 11) is 0. The van der Waals surface area contributed by atoms with E-state index in [9.17, 15) is 4.79 Å². The van der Waals surface area contributed by atoms with Crippen LogP contribution in [0, 0.1) is 5.92 Å². The van der Waals surface area contributed by atoms with Gasteiger partial charge in [0.1, 0.15) is 0 Å². The number of fused-ring (bicyclic) bond motifs is 1. The topological polar surface area (TPSA) is 39.2 Å². The first-order valence-corrected chi connectivity index (χ1v) is 7.25. The average molecular weight is 271 g/mol. The van der Waals surface area contributed by atoms with E-state index in [1.54, 1.807) is 0 Å². The molecule has 2 rings (SSSR count). The Morgan fingerprint density at radius 1 is 1.25 bits per heavy atom. The summed E-state index contributed by atoms with van der Waals surface area (Å²) < 4.78 is 5.19. The Morgan fingerprint density at radius 2 is 2.05 bits per heavy atom. The number of nitrogens with zero attached hydrogens (tertiary/aromatic N) is 1. The molecule has 0 aliphatic rings. The lowest BCUT2D eigenvalue weighted by atomic mass is 9.93. The standard InChI is InChI=1S/C17H21NO2/c1-3-7-14(17(19)20-4-2)12-13-10-11-18-16-9-6-5-8-15(13)16/h5-6,8-11,14H,3-4,7,12H2,1-2H3. The minimum atomic E-state index is -0.0877. The highest BCUT2D eigenvalue weighted by molar-refractivity contribution is 5.82. The average Bonchev–Trinajstić information content (AvgIpc) is 2.47. The number of hydrogen-bond donors (Lipinski definition) is 0. The monoisotopic (exact) mass is 271 g/mol. The Hall–Kier alpha value is -1.90. The van der Waals surface area contributed by atoms with E-state index < -0.39 is 0 Å². The maximum atomic E-state index is 12.0. The number of esters is 1. The van der Waals surface area contributed by atoms with E-state index in [-0.39, 0.29) is 11.9 Å². The molecule has 1 aromatic heterocycles. The molecule has 0 radical (unpaired) electrons. The molecule has 1 atom stereocenters. The summed E-state index contributed by atoms with van der Waals surface area (Å²) in [5.74, 6) is -0.152. The minimum absolute atomic E-state index is 0.0641. The largest absolute Gasteiger partial charge is 0.466 e. The lowest BCUT2D eigenvalue weighted by Gasteiger charge is -2.15. The van der Waals surface area contributed by atoms with Crippen molar-refractivity contribution in [2.75, 3.05) is 6.61 Å². The van der Waals surface area contributed by atoms with Crippen LogP contribution in [0.15, 0.2) is 36.5 Å². The second-order valence-corrected chi connectivity index (χ2v) is 4.93. The summed E-state index contributed by atoms with van der Waals surface area (Å²) in [4.78, 5) is 16.4. The summed E-state index contributed by atoms with van der Waals surface area (Å²) >= 11 is 0. The van der Waals surface area contributed by atoms with Crippen molar-refractivity contribution in [2.24, 2.45) is 5.92 Å². The summed E-state index contributed by atoms with van der Waals surface area (Å²) in [6, 6.07) is 10.1. The predicted molar refractivity (Wildman–Crippen MR) is 80.5 cm³/mol. The molecule has 0 saturated carbocycles. The first-order chi connectivity index (χ1) is 9.76. The molecule has 2 aromatic rings. The molecule has 0 N–H and O–H groups in total.